The van der Waals surface area contributed by atoms with Gasteiger partial charge >= 0.3 is 17.9 Å². The minimum Gasteiger partial charge on any atom is -0.457 e. The molecule has 0 aromatic heterocycles. The minimum absolute atomic E-state index is 0.0478. The number of esters is 2. The van der Waals surface area contributed by atoms with E-state index >= 15 is 0 Å². The topological polar surface area (TPSA) is 61.8 Å². The molecule has 0 N–H and O–H groups in total. The van der Waals surface area contributed by atoms with Crippen molar-refractivity contribution in [1.82, 2.24) is 0 Å². The Hall–Kier alpha value is -1.24. The lowest BCUT2D eigenvalue weighted by atomic mass is 9.48. The molecule has 5 nitrogen and oxygen atoms in total. The summed E-state index contributed by atoms with van der Waals surface area (Å²) in [6.45, 7) is 3.08. The average molecular weight is 481 g/mol. The van der Waals surface area contributed by atoms with Crippen molar-refractivity contribution in [3.8, 4) is 0 Å². The van der Waals surface area contributed by atoms with Gasteiger partial charge in [0, 0.05) is 6.92 Å². The number of alkyl halides is 2. The molecule has 0 aromatic rings. The molecule has 3 unspecified atom stereocenters. The van der Waals surface area contributed by atoms with Gasteiger partial charge in [-0.15, -0.1) is 0 Å². The highest BCUT2D eigenvalue weighted by Gasteiger charge is 2.61. The van der Waals surface area contributed by atoms with Crippen molar-refractivity contribution >= 4 is 11.9 Å². The van der Waals surface area contributed by atoms with Gasteiger partial charge in [-0.05, 0) is 118 Å². The number of halogens is 2. The highest BCUT2D eigenvalue weighted by Crippen LogP contribution is 2.62. The second kappa shape index (κ2) is 7.88. The van der Waals surface area contributed by atoms with Crippen LogP contribution in [0.1, 0.15) is 84.5 Å². The van der Waals surface area contributed by atoms with E-state index < -0.39 is 29.7 Å². The highest BCUT2D eigenvalue weighted by molar-refractivity contribution is 5.78. The summed E-state index contributed by atoms with van der Waals surface area (Å²) in [6, 6.07) is 0. The van der Waals surface area contributed by atoms with Crippen LogP contribution in [0.2, 0.25) is 0 Å². The minimum atomic E-state index is -3.49. The number of hydrogen-bond acceptors (Lipinski definition) is 5. The smallest absolute Gasteiger partial charge is 0.376 e. The fourth-order valence-corrected chi connectivity index (χ4v) is 9.72. The quantitative estimate of drug-likeness (QED) is 0.356. The zero-order valence-corrected chi connectivity index (χ0v) is 20.4. The number of rotatable bonds is 7. The molecule has 8 fully saturated rings. The second-order valence-electron chi connectivity index (χ2n) is 13.2. The van der Waals surface area contributed by atoms with Crippen LogP contribution in [0, 0.1) is 46.3 Å². The first-order valence-electron chi connectivity index (χ1n) is 13.4. The van der Waals surface area contributed by atoms with Crippen LogP contribution in [0.3, 0.4) is 0 Å². The molecule has 8 aliphatic carbocycles. The maximum atomic E-state index is 13.4. The summed E-state index contributed by atoms with van der Waals surface area (Å²) >= 11 is 0. The molecular formula is C27H38F2O5. The van der Waals surface area contributed by atoms with Gasteiger partial charge in [0.25, 0.3) is 0 Å². The molecule has 0 spiro atoms. The van der Waals surface area contributed by atoms with E-state index in [1.165, 1.54) is 38.5 Å². The summed E-state index contributed by atoms with van der Waals surface area (Å²) in [5, 5.41) is 0. The molecule has 34 heavy (non-hydrogen) atoms. The maximum absolute atomic E-state index is 13.4. The molecule has 190 valence electrons. The van der Waals surface area contributed by atoms with Crippen LogP contribution in [-0.4, -0.2) is 36.9 Å². The van der Waals surface area contributed by atoms with E-state index in [4.69, 9.17) is 14.2 Å². The van der Waals surface area contributed by atoms with E-state index in [9.17, 15) is 18.4 Å². The molecule has 8 bridgehead atoms. The van der Waals surface area contributed by atoms with Gasteiger partial charge in [-0.3, -0.25) is 4.79 Å². The first-order chi connectivity index (χ1) is 16.0. The van der Waals surface area contributed by atoms with E-state index in [2.05, 4.69) is 0 Å². The molecule has 0 saturated heterocycles. The molecule has 8 saturated carbocycles. The van der Waals surface area contributed by atoms with Gasteiger partial charge in [0.1, 0.15) is 6.10 Å². The standard InChI is InChI=1S/C27H38F2O5/c1-15(32-14-26-8-16-3-17(9-26)5-18(4-16)10-26)33-24(31)27-11-19-6-20(12-27)22(21(7-19)13-27)34-23(30)25(2,28)29/h15-22H,3-14H2,1-2H3. The molecule has 7 heteroatoms. The average Bonchev–Trinajstić information content (AvgIpc) is 2.72. The van der Waals surface area contributed by atoms with Crippen LogP contribution in [0.15, 0.2) is 0 Å². The van der Waals surface area contributed by atoms with Gasteiger partial charge in [-0.2, -0.15) is 8.78 Å². The lowest BCUT2D eigenvalue weighted by molar-refractivity contribution is -0.222. The predicted molar refractivity (Wildman–Crippen MR) is 119 cm³/mol. The van der Waals surface area contributed by atoms with Crippen molar-refractivity contribution in [1.29, 1.82) is 0 Å². The van der Waals surface area contributed by atoms with Crippen LogP contribution >= 0.6 is 0 Å². The molecule has 0 heterocycles. The molecule has 8 rings (SSSR count). The van der Waals surface area contributed by atoms with Crippen molar-refractivity contribution in [3.63, 3.8) is 0 Å². The zero-order chi connectivity index (χ0) is 23.9. The highest BCUT2D eigenvalue weighted by atomic mass is 19.3. The Labute approximate surface area is 200 Å². The van der Waals surface area contributed by atoms with E-state index in [0.717, 1.165) is 37.0 Å². The first kappa shape index (κ1) is 23.2. The number of ether oxygens (including phenoxy) is 3. The molecular weight excluding hydrogens is 442 g/mol. The van der Waals surface area contributed by atoms with Crippen LogP contribution in [-0.2, 0) is 23.8 Å². The summed E-state index contributed by atoms with van der Waals surface area (Å²) in [6.07, 6.45) is 10.4. The van der Waals surface area contributed by atoms with E-state index in [0.29, 0.717) is 32.3 Å². The maximum Gasteiger partial charge on any atom is 0.376 e. The van der Waals surface area contributed by atoms with Gasteiger partial charge in [0.2, 0.25) is 0 Å². The fraction of sp³-hybridized carbons (Fsp3) is 0.926. The van der Waals surface area contributed by atoms with E-state index in [-0.39, 0.29) is 23.2 Å². The predicted octanol–water partition coefficient (Wildman–Crippen LogP) is 5.50. The Morgan fingerprint density at radius 1 is 0.882 bits per heavy atom. The Balaban J connectivity index is 1.06. The number of hydrogen-bond donors (Lipinski definition) is 0. The largest absolute Gasteiger partial charge is 0.457 e. The van der Waals surface area contributed by atoms with Crippen molar-refractivity contribution in [2.24, 2.45) is 46.3 Å². The monoisotopic (exact) mass is 480 g/mol. The summed E-state index contributed by atoms with van der Waals surface area (Å²) in [5.74, 6) is -2.32. The van der Waals surface area contributed by atoms with Gasteiger partial charge < -0.3 is 14.2 Å². The molecule has 0 amide bonds. The van der Waals surface area contributed by atoms with Gasteiger partial charge in [0.05, 0.1) is 12.0 Å². The SMILES string of the molecule is CC(OCC12CC3CC(CC(C3)C1)C2)OC(=O)C12CC3CC(C1)C(OC(=O)C(C)(F)F)C(C3)C2. The second-order valence-corrected chi connectivity index (χ2v) is 13.2. The van der Waals surface area contributed by atoms with Crippen molar-refractivity contribution < 1.29 is 32.6 Å². The van der Waals surface area contributed by atoms with Crippen LogP contribution in [0.5, 0.6) is 0 Å². The van der Waals surface area contributed by atoms with Crippen molar-refractivity contribution in [2.45, 2.75) is 103 Å². The zero-order valence-electron chi connectivity index (χ0n) is 20.4. The molecule has 8 aliphatic rings. The lowest BCUT2D eigenvalue weighted by Crippen LogP contribution is -2.58. The van der Waals surface area contributed by atoms with Crippen LogP contribution in [0.25, 0.3) is 0 Å². The number of carbonyl (C=O) groups excluding carboxylic acids is 2. The Kier molecular flexibility index (Phi) is 5.37. The first-order valence-corrected chi connectivity index (χ1v) is 13.4. The molecule has 0 aromatic carbocycles. The normalized spacial score (nSPS) is 47.0. The third-order valence-electron chi connectivity index (χ3n) is 10.3. The van der Waals surface area contributed by atoms with E-state index in [1.54, 1.807) is 0 Å². The van der Waals surface area contributed by atoms with Crippen LogP contribution in [0.4, 0.5) is 8.78 Å². The number of carbonyl (C=O) groups is 2. The third-order valence-corrected chi connectivity index (χ3v) is 10.3. The summed E-state index contributed by atoms with van der Waals surface area (Å²) in [4.78, 5) is 25.2. The Morgan fingerprint density at radius 3 is 1.94 bits per heavy atom. The molecule has 0 radical (unpaired) electrons. The van der Waals surface area contributed by atoms with Gasteiger partial charge in [-0.1, -0.05) is 0 Å². The summed E-state index contributed by atoms with van der Waals surface area (Å²) in [7, 11) is 0. The van der Waals surface area contributed by atoms with E-state index in [1.807, 2.05) is 6.92 Å². The van der Waals surface area contributed by atoms with Gasteiger partial charge in [0.15, 0.2) is 6.29 Å². The molecule has 0 aliphatic heterocycles. The van der Waals surface area contributed by atoms with Gasteiger partial charge in [-0.25, -0.2) is 4.79 Å². The van der Waals surface area contributed by atoms with Crippen molar-refractivity contribution in [3.05, 3.63) is 0 Å². The Morgan fingerprint density at radius 2 is 1.41 bits per heavy atom. The Bertz CT molecular complexity index is 799. The summed E-state index contributed by atoms with van der Waals surface area (Å²) < 4.78 is 44.2. The van der Waals surface area contributed by atoms with Crippen LogP contribution < -0.4 is 0 Å². The third kappa shape index (κ3) is 3.98. The fourth-order valence-electron chi connectivity index (χ4n) is 9.72. The summed E-state index contributed by atoms with van der Waals surface area (Å²) in [5.41, 5.74) is -0.318. The van der Waals surface area contributed by atoms with Crippen molar-refractivity contribution in [2.75, 3.05) is 6.61 Å². The lowest BCUT2D eigenvalue weighted by Gasteiger charge is -2.58. The molecule has 3 atom stereocenters.